The number of fused-ring (bicyclic) bond motifs is 1. The summed E-state index contributed by atoms with van der Waals surface area (Å²) >= 11 is 1.58. The molecule has 3 aliphatic rings. The van der Waals surface area contributed by atoms with Crippen LogP contribution in [0.3, 0.4) is 0 Å². The number of nitrogens with zero attached hydrogens (tertiary/aromatic N) is 1. The van der Waals surface area contributed by atoms with Crippen LogP contribution in [0.2, 0.25) is 0 Å². The Hall–Kier alpha value is -3.04. The number of likely N-dealkylation sites (tertiary alicyclic amines) is 1. The summed E-state index contributed by atoms with van der Waals surface area (Å²) in [6, 6.07) is 7.65. The van der Waals surface area contributed by atoms with Crippen LogP contribution in [0.15, 0.2) is 53.6 Å². The highest BCUT2D eigenvalue weighted by Crippen LogP contribution is 2.39. The van der Waals surface area contributed by atoms with Gasteiger partial charge in [-0.3, -0.25) is 9.69 Å². The van der Waals surface area contributed by atoms with E-state index in [-0.39, 0.29) is 11.8 Å². The second-order valence-electron chi connectivity index (χ2n) is 9.62. The highest BCUT2D eigenvalue weighted by Gasteiger charge is 2.34. The molecule has 3 heterocycles. The molecule has 1 aromatic carbocycles. The molecule has 5 nitrogen and oxygen atoms in total. The molecule has 1 fully saturated rings. The number of aryl methyl sites for hydroxylation is 1. The van der Waals surface area contributed by atoms with Gasteiger partial charge >= 0.3 is 12.1 Å². The van der Waals surface area contributed by atoms with E-state index in [2.05, 4.69) is 11.0 Å². The molecule has 2 aliphatic heterocycles. The van der Waals surface area contributed by atoms with Crippen molar-refractivity contribution in [3.8, 4) is 11.5 Å². The molecular formula is C28H28F3NO4S. The predicted octanol–water partition coefficient (Wildman–Crippen LogP) is 6.21. The molecule has 1 N–H and O–H groups in total. The number of carboxylic acid groups (broad SMARTS) is 1. The second-order valence-corrected chi connectivity index (χ2v) is 10.8. The maximum atomic E-state index is 13.2. The Morgan fingerprint density at radius 2 is 2.08 bits per heavy atom. The number of benzene rings is 1. The smallest absolute Gasteiger partial charge is 0.416 e. The Bertz CT molecular complexity index is 1270. The summed E-state index contributed by atoms with van der Waals surface area (Å²) in [6.45, 7) is 4.61. The van der Waals surface area contributed by atoms with Crippen molar-refractivity contribution in [2.45, 2.75) is 38.5 Å². The SMILES string of the molecule is CCc1sc(COc2ccc3c(c2)OCC(CN2CC(C(=O)O)C2)=C3)cc1C1C=C(C(F)(F)F)C=CC1. The predicted molar refractivity (Wildman–Crippen MR) is 136 cm³/mol. The van der Waals surface area contributed by atoms with Crippen LogP contribution in [-0.2, 0) is 17.8 Å². The van der Waals surface area contributed by atoms with Gasteiger partial charge in [0.1, 0.15) is 24.7 Å². The number of ether oxygens (including phenoxy) is 2. The van der Waals surface area contributed by atoms with Crippen LogP contribution in [0, 0.1) is 5.92 Å². The van der Waals surface area contributed by atoms with Crippen LogP contribution < -0.4 is 9.47 Å². The van der Waals surface area contributed by atoms with Crippen LogP contribution in [0.1, 0.15) is 40.1 Å². The van der Waals surface area contributed by atoms with E-state index in [1.54, 1.807) is 17.4 Å². The Morgan fingerprint density at radius 3 is 2.81 bits per heavy atom. The fourth-order valence-corrected chi connectivity index (χ4v) is 6.01. The molecule has 196 valence electrons. The highest BCUT2D eigenvalue weighted by molar-refractivity contribution is 7.12. The van der Waals surface area contributed by atoms with Crippen LogP contribution in [0.4, 0.5) is 13.2 Å². The van der Waals surface area contributed by atoms with Crippen molar-refractivity contribution in [2.24, 2.45) is 5.92 Å². The average molecular weight is 532 g/mol. The molecule has 0 amide bonds. The lowest BCUT2D eigenvalue weighted by atomic mass is 9.89. The molecular weight excluding hydrogens is 503 g/mol. The van der Waals surface area contributed by atoms with Crippen molar-refractivity contribution in [3.63, 3.8) is 0 Å². The van der Waals surface area contributed by atoms with E-state index < -0.39 is 17.7 Å². The van der Waals surface area contributed by atoms with Gasteiger partial charge in [-0.15, -0.1) is 11.3 Å². The first kappa shape index (κ1) is 25.6. The monoisotopic (exact) mass is 531 g/mol. The minimum Gasteiger partial charge on any atom is -0.488 e. The van der Waals surface area contributed by atoms with E-state index in [0.717, 1.165) is 44.7 Å². The van der Waals surface area contributed by atoms with E-state index >= 15 is 0 Å². The zero-order valence-corrected chi connectivity index (χ0v) is 21.2. The number of thiophene rings is 1. The average Bonchev–Trinajstić information content (AvgIpc) is 3.27. The molecule has 1 unspecified atom stereocenters. The quantitative estimate of drug-likeness (QED) is 0.439. The van der Waals surface area contributed by atoms with Gasteiger partial charge in [0.15, 0.2) is 0 Å². The zero-order chi connectivity index (χ0) is 26.2. The van der Waals surface area contributed by atoms with Crippen molar-refractivity contribution in [1.29, 1.82) is 0 Å². The number of halogens is 3. The lowest BCUT2D eigenvalue weighted by Crippen LogP contribution is -2.51. The maximum absolute atomic E-state index is 13.2. The summed E-state index contributed by atoms with van der Waals surface area (Å²) in [6.07, 6.45) is 3.15. The van der Waals surface area contributed by atoms with E-state index in [9.17, 15) is 18.0 Å². The van der Waals surface area contributed by atoms with Crippen LogP contribution >= 0.6 is 11.3 Å². The number of carboxylic acids is 1. The Balaban J connectivity index is 1.22. The minimum atomic E-state index is -4.34. The second kappa shape index (κ2) is 10.4. The summed E-state index contributed by atoms with van der Waals surface area (Å²) in [7, 11) is 0. The summed E-state index contributed by atoms with van der Waals surface area (Å²) in [5, 5.41) is 9.03. The number of hydrogen-bond donors (Lipinski definition) is 1. The van der Waals surface area contributed by atoms with Gasteiger partial charge in [-0.1, -0.05) is 25.2 Å². The molecule has 1 aromatic heterocycles. The number of hydrogen-bond acceptors (Lipinski definition) is 5. The number of allylic oxidation sites excluding steroid dienone is 4. The summed E-state index contributed by atoms with van der Waals surface area (Å²) in [4.78, 5) is 15.1. The number of rotatable bonds is 8. The summed E-state index contributed by atoms with van der Waals surface area (Å²) < 4.78 is 51.6. The Labute approximate surface area is 217 Å². The highest BCUT2D eigenvalue weighted by atomic mass is 32.1. The molecule has 5 rings (SSSR count). The van der Waals surface area contributed by atoms with Crippen LogP contribution in [0.25, 0.3) is 6.08 Å². The fourth-order valence-electron chi connectivity index (χ4n) is 4.92. The van der Waals surface area contributed by atoms with Crippen LogP contribution in [0.5, 0.6) is 11.5 Å². The van der Waals surface area contributed by atoms with Gasteiger partial charge in [0.25, 0.3) is 0 Å². The fraction of sp³-hybridized carbons (Fsp3) is 0.393. The Kier molecular flexibility index (Phi) is 7.18. The first-order chi connectivity index (χ1) is 17.7. The Morgan fingerprint density at radius 1 is 1.27 bits per heavy atom. The number of alkyl halides is 3. The van der Waals surface area contributed by atoms with Crippen molar-refractivity contribution in [3.05, 3.63) is 74.5 Å². The van der Waals surface area contributed by atoms with E-state index in [4.69, 9.17) is 14.6 Å². The molecule has 37 heavy (non-hydrogen) atoms. The molecule has 0 spiro atoms. The molecule has 0 bridgehead atoms. The van der Waals surface area contributed by atoms with Crippen molar-refractivity contribution < 1.29 is 32.5 Å². The lowest BCUT2D eigenvalue weighted by Gasteiger charge is -2.37. The van der Waals surface area contributed by atoms with Crippen molar-refractivity contribution in [2.75, 3.05) is 26.2 Å². The molecule has 1 atom stereocenters. The van der Waals surface area contributed by atoms with Gasteiger partial charge in [0, 0.05) is 46.9 Å². The third kappa shape index (κ3) is 5.78. The normalized spacial score (nSPS) is 19.9. The minimum absolute atomic E-state index is 0.279. The molecule has 0 radical (unpaired) electrons. The summed E-state index contributed by atoms with van der Waals surface area (Å²) in [5.41, 5.74) is 2.41. The zero-order valence-electron chi connectivity index (χ0n) is 20.4. The molecule has 2 aromatic rings. The van der Waals surface area contributed by atoms with Gasteiger partial charge in [-0.25, -0.2) is 0 Å². The van der Waals surface area contributed by atoms with Gasteiger partial charge in [-0.2, -0.15) is 13.2 Å². The van der Waals surface area contributed by atoms with E-state index in [1.807, 2.05) is 31.2 Å². The molecule has 0 saturated carbocycles. The van der Waals surface area contributed by atoms with Crippen LogP contribution in [-0.4, -0.2) is 48.4 Å². The summed E-state index contributed by atoms with van der Waals surface area (Å²) in [5.74, 6) is 0.0826. The van der Waals surface area contributed by atoms with Gasteiger partial charge in [0.05, 0.1) is 11.5 Å². The molecule has 1 aliphatic carbocycles. The maximum Gasteiger partial charge on any atom is 0.416 e. The largest absolute Gasteiger partial charge is 0.488 e. The third-order valence-corrected chi connectivity index (χ3v) is 8.15. The first-order valence-electron chi connectivity index (χ1n) is 12.3. The van der Waals surface area contributed by atoms with Gasteiger partial charge in [0.2, 0.25) is 0 Å². The number of carbonyl (C=O) groups is 1. The van der Waals surface area contributed by atoms with Crippen molar-refractivity contribution >= 4 is 23.4 Å². The lowest BCUT2D eigenvalue weighted by molar-refractivity contribution is -0.147. The van der Waals surface area contributed by atoms with Gasteiger partial charge in [-0.05, 0) is 48.3 Å². The third-order valence-electron chi connectivity index (χ3n) is 6.88. The first-order valence-corrected chi connectivity index (χ1v) is 13.1. The molecule has 1 saturated heterocycles. The topological polar surface area (TPSA) is 59.0 Å². The van der Waals surface area contributed by atoms with Gasteiger partial charge < -0.3 is 14.6 Å². The number of aliphatic carboxylic acids is 1. The molecule has 9 heteroatoms. The standard InChI is InChI=1S/C28H28F3NO4S/c1-2-26-24(18-4-3-5-21(9-18)28(29,30)31)11-23(37-26)16-35-22-7-6-19-8-17(15-36-25(19)10-22)12-32-13-20(14-32)27(33)34/h3,5-11,18,20H,2,4,12-16H2,1H3,(H,33,34). The van der Waals surface area contributed by atoms with E-state index in [0.29, 0.717) is 45.0 Å². The van der Waals surface area contributed by atoms with Crippen molar-refractivity contribution in [1.82, 2.24) is 4.90 Å². The van der Waals surface area contributed by atoms with E-state index in [1.165, 1.54) is 6.08 Å².